The van der Waals surface area contributed by atoms with Gasteiger partial charge < -0.3 is 9.72 Å². The average molecular weight is 317 g/mol. The lowest BCUT2D eigenvalue weighted by atomic mass is 10.2. The van der Waals surface area contributed by atoms with Crippen molar-refractivity contribution in [3.63, 3.8) is 0 Å². The molecule has 1 N–H and O–H groups in total. The van der Waals surface area contributed by atoms with Crippen LogP contribution in [-0.4, -0.2) is 11.0 Å². The lowest BCUT2D eigenvalue weighted by Gasteiger charge is -2.02. The summed E-state index contributed by atoms with van der Waals surface area (Å²) in [6.45, 7) is 1.94. The second kappa shape index (κ2) is 5.10. The first-order chi connectivity index (χ1) is 8.11. The number of hydrogen-bond donors (Lipinski definition) is 1. The van der Waals surface area contributed by atoms with Crippen molar-refractivity contribution < 1.29 is 9.53 Å². The number of hydrogen-bond acceptors (Lipinski definition) is 2. The summed E-state index contributed by atoms with van der Waals surface area (Å²) in [6.07, 6.45) is 2.86. The first-order valence-electron chi connectivity index (χ1n) is 5.28. The average Bonchev–Trinajstić information content (AvgIpc) is 2.63. The van der Waals surface area contributed by atoms with Crippen molar-refractivity contribution in [2.45, 2.75) is 19.8 Å². The number of carbonyl (C=O) groups excluding carboxylic acids is 1. The van der Waals surface area contributed by atoms with Crippen molar-refractivity contribution in [3.05, 3.63) is 27.8 Å². The SMILES string of the molecule is CCCC(=O)Oc1c[nH]c2cc(Cl)c(Br)cc12. The van der Waals surface area contributed by atoms with Crippen molar-refractivity contribution in [1.82, 2.24) is 4.98 Å². The van der Waals surface area contributed by atoms with Gasteiger partial charge in [-0.2, -0.15) is 0 Å². The number of aromatic amines is 1. The molecular formula is C12H11BrClNO2. The van der Waals surface area contributed by atoms with Gasteiger partial charge in [0, 0.05) is 22.5 Å². The van der Waals surface area contributed by atoms with E-state index in [9.17, 15) is 4.79 Å². The number of halogens is 2. The topological polar surface area (TPSA) is 42.1 Å². The highest BCUT2D eigenvalue weighted by Crippen LogP contribution is 2.33. The van der Waals surface area contributed by atoms with E-state index in [4.69, 9.17) is 16.3 Å². The molecule has 0 atom stereocenters. The van der Waals surface area contributed by atoms with E-state index >= 15 is 0 Å². The third-order valence-corrected chi connectivity index (χ3v) is 3.56. The molecule has 2 rings (SSSR count). The minimum Gasteiger partial charge on any atom is -0.424 e. The van der Waals surface area contributed by atoms with Gasteiger partial charge in [-0.05, 0) is 34.5 Å². The molecule has 0 bridgehead atoms. The fourth-order valence-corrected chi connectivity index (χ4v) is 2.06. The zero-order valence-corrected chi connectivity index (χ0v) is 11.6. The van der Waals surface area contributed by atoms with Gasteiger partial charge in [0.25, 0.3) is 0 Å². The van der Waals surface area contributed by atoms with Gasteiger partial charge in [0.15, 0.2) is 5.75 Å². The predicted octanol–water partition coefficient (Wildman–Crippen LogP) is 4.29. The normalized spacial score (nSPS) is 10.8. The summed E-state index contributed by atoms with van der Waals surface area (Å²) in [5.41, 5.74) is 0.845. The van der Waals surface area contributed by atoms with E-state index < -0.39 is 0 Å². The number of aromatic nitrogens is 1. The molecule has 5 heteroatoms. The van der Waals surface area contributed by atoms with E-state index in [2.05, 4.69) is 20.9 Å². The number of carbonyl (C=O) groups is 1. The second-order valence-corrected chi connectivity index (χ2v) is 4.95. The molecule has 90 valence electrons. The Morgan fingerprint density at radius 3 is 3.00 bits per heavy atom. The Morgan fingerprint density at radius 2 is 2.29 bits per heavy atom. The molecule has 0 unspecified atom stereocenters. The van der Waals surface area contributed by atoms with Crippen LogP contribution in [0.25, 0.3) is 10.9 Å². The Kier molecular flexibility index (Phi) is 3.74. The van der Waals surface area contributed by atoms with Gasteiger partial charge in [0.05, 0.1) is 10.5 Å². The maximum absolute atomic E-state index is 11.4. The molecule has 1 aromatic heterocycles. The molecule has 1 aromatic carbocycles. The first-order valence-corrected chi connectivity index (χ1v) is 6.45. The molecule has 1 heterocycles. The van der Waals surface area contributed by atoms with E-state index in [1.165, 1.54) is 0 Å². The largest absolute Gasteiger partial charge is 0.424 e. The quantitative estimate of drug-likeness (QED) is 0.858. The van der Waals surface area contributed by atoms with Crippen LogP contribution in [0.5, 0.6) is 5.75 Å². The van der Waals surface area contributed by atoms with E-state index in [-0.39, 0.29) is 5.97 Å². The number of nitrogens with one attached hydrogen (secondary N) is 1. The van der Waals surface area contributed by atoms with E-state index in [1.807, 2.05) is 13.0 Å². The Balaban J connectivity index is 2.36. The third-order valence-electron chi connectivity index (χ3n) is 2.36. The van der Waals surface area contributed by atoms with Gasteiger partial charge in [0.1, 0.15) is 0 Å². The summed E-state index contributed by atoms with van der Waals surface area (Å²) >= 11 is 9.32. The third kappa shape index (κ3) is 2.64. The molecular weight excluding hydrogens is 305 g/mol. The van der Waals surface area contributed by atoms with Crippen molar-refractivity contribution >= 4 is 44.4 Å². The van der Waals surface area contributed by atoms with E-state index in [1.54, 1.807) is 12.3 Å². The number of ether oxygens (including phenoxy) is 1. The maximum Gasteiger partial charge on any atom is 0.311 e. The maximum atomic E-state index is 11.4. The molecule has 0 aliphatic carbocycles. The summed E-state index contributed by atoms with van der Waals surface area (Å²) in [6, 6.07) is 3.63. The first kappa shape index (κ1) is 12.5. The molecule has 0 fully saturated rings. The molecule has 0 aliphatic rings. The van der Waals surface area contributed by atoms with Crippen molar-refractivity contribution in [2.75, 3.05) is 0 Å². The van der Waals surface area contributed by atoms with Gasteiger partial charge in [0.2, 0.25) is 0 Å². The molecule has 0 amide bonds. The van der Waals surface area contributed by atoms with Crippen LogP contribution in [0.3, 0.4) is 0 Å². The monoisotopic (exact) mass is 315 g/mol. The summed E-state index contributed by atoms with van der Waals surface area (Å²) in [5, 5.41) is 1.46. The molecule has 2 aromatic rings. The zero-order chi connectivity index (χ0) is 12.4. The molecule has 0 spiro atoms. The van der Waals surface area contributed by atoms with Gasteiger partial charge >= 0.3 is 5.97 Å². The van der Waals surface area contributed by atoms with Gasteiger partial charge in [-0.1, -0.05) is 18.5 Å². The van der Waals surface area contributed by atoms with E-state index in [0.29, 0.717) is 17.2 Å². The highest BCUT2D eigenvalue weighted by Gasteiger charge is 2.11. The van der Waals surface area contributed by atoms with E-state index in [0.717, 1.165) is 21.8 Å². The molecule has 0 saturated heterocycles. The lowest BCUT2D eigenvalue weighted by molar-refractivity contribution is -0.134. The molecule has 3 nitrogen and oxygen atoms in total. The summed E-state index contributed by atoms with van der Waals surface area (Å²) in [5.74, 6) is 0.315. The van der Waals surface area contributed by atoms with Gasteiger partial charge in [-0.3, -0.25) is 4.79 Å². The molecule has 0 radical (unpaired) electrons. The van der Waals surface area contributed by atoms with Crippen LogP contribution in [0.15, 0.2) is 22.8 Å². The van der Waals surface area contributed by atoms with Crippen LogP contribution in [0.2, 0.25) is 5.02 Å². The fraction of sp³-hybridized carbons (Fsp3) is 0.250. The van der Waals surface area contributed by atoms with Gasteiger partial charge in [-0.15, -0.1) is 0 Å². The number of benzene rings is 1. The molecule has 0 aliphatic heterocycles. The summed E-state index contributed by atoms with van der Waals surface area (Å²) in [7, 11) is 0. The minimum absolute atomic E-state index is 0.223. The Labute approximate surface area is 112 Å². The van der Waals surface area contributed by atoms with Crippen LogP contribution in [0.1, 0.15) is 19.8 Å². The minimum atomic E-state index is -0.223. The van der Waals surface area contributed by atoms with Crippen molar-refractivity contribution in [3.8, 4) is 5.75 Å². The van der Waals surface area contributed by atoms with Crippen LogP contribution in [0.4, 0.5) is 0 Å². The summed E-state index contributed by atoms with van der Waals surface area (Å²) in [4.78, 5) is 14.5. The predicted molar refractivity (Wildman–Crippen MR) is 71.6 cm³/mol. The highest BCUT2D eigenvalue weighted by molar-refractivity contribution is 9.10. The Morgan fingerprint density at radius 1 is 1.53 bits per heavy atom. The number of esters is 1. The number of rotatable bonds is 3. The summed E-state index contributed by atoms with van der Waals surface area (Å²) < 4.78 is 6.05. The Hall–Kier alpha value is -1.000. The van der Waals surface area contributed by atoms with Crippen molar-refractivity contribution in [1.29, 1.82) is 0 Å². The number of fused-ring (bicyclic) bond motifs is 1. The van der Waals surface area contributed by atoms with Crippen LogP contribution in [-0.2, 0) is 4.79 Å². The van der Waals surface area contributed by atoms with Crippen LogP contribution < -0.4 is 4.74 Å². The molecule has 17 heavy (non-hydrogen) atoms. The Bertz CT molecular complexity index is 565. The molecule has 0 saturated carbocycles. The zero-order valence-electron chi connectivity index (χ0n) is 9.22. The lowest BCUT2D eigenvalue weighted by Crippen LogP contribution is -2.06. The van der Waals surface area contributed by atoms with Crippen LogP contribution >= 0.6 is 27.5 Å². The second-order valence-electron chi connectivity index (χ2n) is 3.69. The number of H-pyrrole nitrogens is 1. The van der Waals surface area contributed by atoms with Crippen molar-refractivity contribution in [2.24, 2.45) is 0 Å². The highest BCUT2D eigenvalue weighted by atomic mass is 79.9. The standard InChI is InChI=1S/C12H11BrClNO2/c1-2-3-12(16)17-11-6-15-10-5-9(14)8(13)4-7(10)11/h4-6,15H,2-3H2,1H3. The fourth-order valence-electron chi connectivity index (χ4n) is 1.55. The van der Waals surface area contributed by atoms with Gasteiger partial charge in [-0.25, -0.2) is 0 Å². The smallest absolute Gasteiger partial charge is 0.311 e. The van der Waals surface area contributed by atoms with Crippen LogP contribution in [0, 0.1) is 0 Å².